The zero-order valence-electron chi connectivity index (χ0n) is 6.57. The van der Waals surface area contributed by atoms with Crippen molar-refractivity contribution in [2.24, 2.45) is 0 Å². The van der Waals surface area contributed by atoms with Crippen LogP contribution in [0.3, 0.4) is 0 Å². The predicted octanol–water partition coefficient (Wildman–Crippen LogP) is 2.33. The summed E-state index contributed by atoms with van der Waals surface area (Å²) < 4.78 is 0. The van der Waals surface area contributed by atoms with Crippen molar-refractivity contribution in [3.8, 4) is 0 Å². The van der Waals surface area contributed by atoms with Crippen molar-refractivity contribution in [3.05, 3.63) is 12.7 Å². The Morgan fingerprint density at radius 3 is 2.80 bits per heavy atom. The Kier molecular flexibility index (Phi) is 7.42. The van der Waals surface area contributed by atoms with Gasteiger partial charge in [-0.15, -0.1) is 6.58 Å². The average Bonchev–Trinajstić information content (AvgIpc) is 1.98. The molecule has 0 fully saturated rings. The summed E-state index contributed by atoms with van der Waals surface area (Å²) in [6, 6.07) is 0.650. The topological polar surface area (TPSA) is 12.0 Å². The molecule has 0 aromatic carbocycles. The van der Waals surface area contributed by atoms with Crippen LogP contribution in [-0.4, -0.2) is 17.9 Å². The highest BCUT2D eigenvalue weighted by molar-refractivity contribution is 9.09. The van der Waals surface area contributed by atoms with Crippen molar-refractivity contribution < 1.29 is 0 Å². The molecular weight excluding hydrogens is 190 g/mol. The van der Waals surface area contributed by atoms with Crippen LogP contribution < -0.4 is 5.32 Å². The zero-order chi connectivity index (χ0) is 7.82. The molecule has 0 heterocycles. The molecule has 60 valence electrons. The fourth-order valence-corrected chi connectivity index (χ4v) is 1.38. The maximum Gasteiger partial charge on any atom is 0.0134 e. The number of nitrogens with one attached hydrogen (secondary N) is 1. The first-order chi connectivity index (χ1) is 4.85. The first-order valence-electron chi connectivity index (χ1n) is 3.75. The molecule has 10 heavy (non-hydrogen) atoms. The van der Waals surface area contributed by atoms with Crippen molar-refractivity contribution in [3.63, 3.8) is 0 Å². The number of alkyl halides is 1. The summed E-state index contributed by atoms with van der Waals surface area (Å²) in [7, 11) is 0. The summed E-state index contributed by atoms with van der Waals surface area (Å²) in [5, 5.41) is 4.45. The molecule has 0 amide bonds. The van der Waals surface area contributed by atoms with Crippen LogP contribution in [0, 0.1) is 0 Å². The second-order valence-corrected chi connectivity index (χ2v) is 3.07. The molecule has 0 aliphatic carbocycles. The van der Waals surface area contributed by atoms with Gasteiger partial charge in [0.1, 0.15) is 0 Å². The Morgan fingerprint density at radius 1 is 1.70 bits per heavy atom. The van der Waals surface area contributed by atoms with Gasteiger partial charge in [-0.3, -0.25) is 0 Å². The highest BCUT2D eigenvalue weighted by Crippen LogP contribution is 1.99. The van der Waals surface area contributed by atoms with Crippen LogP contribution in [0.4, 0.5) is 0 Å². The van der Waals surface area contributed by atoms with Crippen LogP contribution in [-0.2, 0) is 0 Å². The fourth-order valence-electron chi connectivity index (χ4n) is 0.832. The minimum absolute atomic E-state index is 0.650. The third-order valence-electron chi connectivity index (χ3n) is 1.50. The summed E-state index contributed by atoms with van der Waals surface area (Å²) in [6.45, 7) is 6.77. The quantitative estimate of drug-likeness (QED) is 0.519. The molecule has 0 radical (unpaired) electrons. The van der Waals surface area contributed by atoms with Crippen LogP contribution in [0.2, 0.25) is 0 Å². The van der Waals surface area contributed by atoms with E-state index in [1.54, 1.807) is 0 Å². The van der Waals surface area contributed by atoms with Gasteiger partial charge in [0, 0.05) is 17.9 Å². The Morgan fingerprint density at radius 2 is 2.40 bits per heavy atom. The monoisotopic (exact) mass is 205 g/mol. The van der Waals surface area contributed by atoms with E-state index in [2.05, 4.69) is 34.7 Å². The van der Waals surface area contributed by atoms with Gasteiger partial charge in [-0.1, -0.05) is 28.9 Å². The van der Waals surface area contributed by atoms with E-state index in [-0.39, 0.29) is 0 Å². The molecule has 0 aliphatic heterocycles. The van der Waals surface area contributed by atoms with Crippen molar-refractivity contribution >= 4 is 15.9 Å². The summed E-state index contributed by atoms with van der Waals surface area (Å²) in [5.74, 6) is 0. The lowest BCUT2D eigenvalue weighted by Gasteiger charge is -2.13. The average molecular weight is 206 g/mol. The first-order valence-corrected chi connectivity index (χ1v) is 4.87. The van der Waals surface area contributed by atoms with Crippen LogP contribution in [0.1, 0.15) is 19.8 Å². The predicted molar refractivity (Wildman–Crippen MR) is 50.7 cm³/mol. The third-order valence-corrected chi connectivity index (χ3v) is 1.96. The number of rotatable bonds is 6. The van der Waals surface area contributed by atoms with E-state index >= 15 is 0 Å². The molecule has 1 nitrogen and oxygen atoms in total. The molecule has 0 spiro atoms. The van der Waals surface area contributed by atoms with Crippen LogP contribution in [0.25, 0.3) is 0 Å². The van der Waals surface area contributed by atoms with Gasteiger partial charge in [-0.25, -0.2) is 0 Å². The molecule has 2 heteroatoms. The van der Waals surface area contributed by atoms with Gasteiger partial charge in [0.15, 0.2) is 0 Å². The summed E-state index contributed by atoms with van der Waals surface area (Å²) in [5.41, 5.74) is 0. The maximum atomic E-state index is 3.65. The SMILES string of the molecule is C=CCNC(CC)CCBr. The van der Waals surface area contributed by atoms with E-state index in [1.165, 1.54) is 12.8 Å². The normalized spacial score (nSPS) is 13.0. The number of hydrogen-bond donors (Lipinski definition) is 1. The van der Waals surface area contributed by atoms with Gasteiger partial charge >= 0.3 is 0 Å². The second kappa shape index (κ2) is 7.29. The maximum absolute atomic E-state index is 3.65. The van der Waals surface area contributed by atoms with E-state index < -0.39 is 0 Å². The van der Waals surface area contributed by atoms with Gasteiger partial charge in [-0.2, -0.15) is 0 Å². The first kappa shape index (κ1) is 10.2. The Labute approximate surface area is 72.0 Å². The molecule has 0 saturated heterocycles. The summed E-state index contributed by atoms with van der Waals surface area (Å²) >= 11 is 3.42. The van der Waals surface area contributed by atoms with E-state index in [4.69, 9.17) is 0 Å². The smallest absolute Gasteiger partial charge is 0.0134 e. The largest absolute Gasteiger partial charge is 0.311 e. The lowest BCUT2D eigenvalue weighted by molar-refractivity contribution is 0.515. The fraction of sp³-hybridized carbons (Fsp3) is 0.750. The van der Waals surface area contributed by atoms with Crippen molar-refractivity contribution in [2.75, 3.05) is 11.9 Å². The number of hydrogen-bond acceptors (Lipinski definition) is 1. The highest BCUT2D eigenvalue weighted by Gasteiger charge is 2.00. The molecule has 1 atom stereocenters. The van der Waals surface area contributed by atoms with E-state index in [9.17, 15) is 0 Å². The van der Waals surface area contributed by atoms with Crippen LogP contribution in [0.15, 0.2) is 12.7 Å². The molecule has 1 N–H and O–H groups in total. The van der Waals surface area contributed by atoms with Crippen LogP contribution >= 0.6 is 15.9 Å². The standard InChI is InChI=1S/C8H16BrN/c1-3-7-10-8(4-2)5-6-9/h3,8,10H,1,4-7H2,2H3. The molecule has 0 aliphatic rings. The van der Waals surface area contributed by atoms with Gasteiger partial charge in [0.25, 0.3) is 0 Å². The lowest BCUT2D eigenvalue weighted by Crippen LogP contribution is -2.28. The number of halogens is 1. The van der Waals surface area contributed by atoms with Crippen LogP contribution in [0.5, 0.6) is 0 Å². The lowest BCUT2D eigenvalue weighted by atomic mass is 10.2. The molecule has 0 saturated carbocycles. The van der Waals surface area contributed by atoms with Gasteiger partial charge in [-0.05, 0) is 12.8 Å². The second-order valence-electron chi connectivity index (χ2n) is 2.28. The van der Waals surface area contributed by atoms with Gasteiger partial charge in [0.05, 0.1) is 0 Å². The Bertz CT molecular complexity index is 83.3. The Balaban J connectivity index is 3.29. The van der Waals surface area contributed by atoms with Crippen molar-refractivity contribution in [1.82, 2.24) is 5.32 Å². The van der Waals surface area contributed by atoms with Gasteiger partial charge in [0.2, 0.25) is 0 Å². The van der Waals surface area contributed by atoms with E-state index in [0.29, 0.717) is 6.04 Å². The highest BCUT2D eigenvalue weighted by atomic mass is 79.9. The van der Waals surface area contributed by atoms with Crippen molar-refractivity contribution in [1.29, 1.82) is 0 Å². The summed E-state index contributed by atoms with van der Waals surface area (Å²) in [6.07, 6.45) is 4.29. The molecule has 0 aromatic rings. The molecular formula is C8H16BrN. The zero-order valence-corrected chi connectivity index (χ0v) is 8.15. The van der Waals surface area contributed by atoms with Gasteiger partial charge < -0.3 is 5.32 Å². The molecule has 0 aromatic heterocycles. The minimum atomic E-state index is 0.650. The summed E-state index contributed by atoms with van der Waals surface area (Å²) in [4.78, 5) is 0. The Hall–Kier alpha value is 0.180. The van der Waals surface area contributed by atoms with E-state index in [0.717, 1.165) is 11.9 Å². The molecule has 0 rings (SSSR count). The minimum Gasteiger partial charge on any atom is -0.311 e. The van der Waals surface area contributed by atoms with E-state index in [1.807, 2.05) is 6.08 Å². The molecule has 1 unspecified atom stereocenters. The van der Waals surface area contributed by atoms with Crippen molar-refractivity contribution in [2.45, 2.75) is 25.8 Å². The third kappa shape index (κ3) is 5.00. The molecule has 0 bridgehead atoms.